The molecule has 342 valence electrons. The molecule has 0 saturated heterocycles. The Bertz CT molecular complexity index is 3400. The molecule has 2 nitrogen and oxygen atoms in total. The average molecular weight is 905 g/mol. The molecular formula is C68H60N2. The van der Waals surface area contributed by atoms with Crippen molar-refractivity contribution in [3.8, 4) is 22.3 Å². The zero-order valence-electron chi connectivity index (χ0n) is 41.2. The summed E-state index contributed by atoms with van der Waals surface area (Å²) < 4.78 is 0. The summed E-state index contributed by atoms with van der Waals surface area (Å²) in [7, 11) is 0. The van der Waals surface area contributed by atoms with E-state index in [1.807, 2.05) is 0 Å². The van der Waals surface area contributed by atoms with Gasteiger partial charge in [-0.15, -0.1) is 0 Å². The molecule has 0 atom stereocenters. The number of hydrogen-bond acceptors (Lipinski definition) is 2. The standard InChI is InChI=1S/C68H60N2/c1-7-47-23-31-53(32-24-47)69(55-35-27-49(28-36-55)45(3)4)57-39-41-63-65(43-57)67(61-21-13-17-51-15-9-11-19-59(51)61)64-42-40-58(44-66(64)68(63)62-22-14-18-52-16-10-12-20-60(52)62)70(54-33-25-48(8-2)26-34-54)56-37-29-50(30-38-56)46(5)6/h9-46H,7-8H2,1-6H3. The highest BCUT2D eigenvalue weighted by Crippen LogP contribution is 2.50. The van der Waals surface area contributed by atoms with E-state index >= 15 is 0 Å². The van der Waals surface area contributed by atoms with Crippen LogP contribution in [0.15, 0.2) is 218 Å². The molecule has 70 heavy (non-hydrogen) atoms. The van der Waals surface area contributed by atoms with Crippen LogP contribution in [0, 0.1) is 0 Å². The van der Waals surface area contributed by atoms with Crippen molar-refractivity contribution in [1.82, 2.24) is 0 Å². The molecule has 0 aliphatic rings. The van der Waals surface area contributed by atoms with E-state index in [0.29, 0.717) is 11.8 Å². The second kappa shape index (κ2) is 18.9. The highest BCUT2D eigenvalue weighted by atomic mass is 15.1. The van der Waals surface area contributed by atoms with Crippen molar-refractivity contribution in [2.75, 3.05) is 9.80 Å². The number of benzene rings is 11. The smallest absolute Gasteiger partial charge is 0.0468 e. The number of nitrogens with zero attached hydrogens (tertiary/aromatic N) is 2. The molecule has 0 spiro atoms. The molecule has 0 heterocycles. The lowest BCUT2D eigenvalue weighted by atomic mass is 9.83. The number of rotatable bonds is 12. The van der Waals surface area contributed by atoms with Crippen molar-refractivity contribution in [3.63, 3.8) is 0 Å². The minimum Gasteiger partial charge on any atom is -0.310 e. The highest BCUT2D eigenvalue weighted by molar-refractivity contribution is 6.26. The van der Waals surface area contributed by atoms with Crippen LogP contribution in [0.3, 0.4) is 0 Å². The summed E-state index contributed by atoms with van der Waals surface area (Å²) in [5.41, 5.74) is 17.0. The molecule has 0 amide bonds. The first-order valence-electron chi connectivity index (χ1n) is 25.3. The molecule has 11 aromatic carbocycles. The summed E-state index contributed by atoms with van der Waals surface area (Å²) in [6.07, 6.45) is 1.99. The minimum absolute atomic E-state index is 0.440. The summed E-state index contributed by atoms with van der Waals surface area (Å²) >= 11 is 0. The van der Waals surface area contributed by atoms with Gasteiger partial charge in [-0.3, -0.25) is 0 Å². The first-order valence-corrected chi connectivity index (χ1v) is 25.3. The maximum Gasteiger partial charge on any atom is 0.0468 e. The Morgan fingerprint density at radius 2 is 0.629 bits per heavy atom. The molecule has 11 aromatic rings. The molecule has 0 aromatic heterocycles. The molecule has 11 rings (SSSR count). The Morgan fingerprint density at radius 1 is 0.300 bits per heavy atom. The first kappa shape index (κ1) is 44.6. The van der Waals surface area contributed by atoms with E-state index in [9.17, 15) is 0 Å². The van der Waals surface area contributed by atoms with Crippen molar-refractivity contribution < 1.29 is 0 Å². The number of aryl methyl sites for hydroxylation is 2. The number of fused-ring (bicyclic) bond motifs is 4. The van der Waals surface area contributed by atoms with Crippen LogP contribution < -0.4 is 9.80 Å². The molecule has 0 unspecified atom stereocenters. The normalized spacial score (nSPS) is 11.7. The van der Waals surface area contributed by atoms with Gasteiger partial charge in [0, 0.05) is 34.1 Å². The zero-order chi connectivity index (χ0) is 47.9. The summed E-state index contributed by atoms with van der Waals surface area (Å²) in [5, 5.41) is 9.76. The molecule has 0 bridgehead atoms. The topological polar surface area (TPSA) is 6.48 Å². The van der Waals surface area contributed by atoms with E-state index in [2.05, 4.69) is 270 Å². The number of hydrogen-bond donors (Lipinski definition) is 0. The van der Waals surface area contributed by atoms with Gasteiger partial charge in [0.15, 0.2) is 0 Å². The second-order valence-electron chi connectivity index (χ2n) is 19.5. The van der Waals surface area contributed by atoms with Crippen molar-refractivity contribution in [2.24, 2.45) is 0 Å². The number of anilines is 6. The van der Waals surface area contributed by atoms with Gasteiger partial charge < -0.3 is 9.80 Å². The van der Waals surface area contributed by atoms with Gasteiger partial charge in [-0.2, -0.15) is 0 Å². The van der Waals surface area contributed by atoms with Crippen LogP contribution >= 0.6 is 0 Å². The third-order valence-electron chi connectivity index (χ3n) is 14.6. The maximum absolute atomic E-state index is 2.47. The highest BCUT2D eigenvalue weighted by Gasteiger charge is 2.24. The molecular weight excluding hydrogens is 845 g/mol. The molecule has 0 fully saturated rings. The van der Waals surface area contributed by atoms with Crippen LogP contribution in [0.4, 0.5) is 34.1 Å². The van der Waals surface area contributed by atoms with Crippen LogP contribution in [0.1, 0.15) is 75.6 Å². The van der Waals surface area contributed by atoms with E-state index in [-0.39, 0.29) is 0 Å². The van der Waals surface area contributed by atoms with E-state index in [4.69, 9.17) is 0 Å². The fourth-order valence-electron chi connectivity index (χ4n) is 10.6. The monoisotopic (exact) mass is 904 g/mol. The van der Waals surface area contributed by atoms with Gasteiger partial charge in [-0.1, -0.05) is 187 Å². The predicted octanol–water partition coefficient (Wildman–Crippen LogP) is 19.9. The fourth-order valence-corrected chi connectivity index (χ4v) is 10.6. The summed E-state index contributed by atoms with van der Waals surface area (Å²) in [4.78, 5) is 4.88. The van der Waals surface area contributed by atoms with Crippen molar-refractivity contribution in [1.29, 1.82) is 0 Å². The third kappa shape index (κ3) is 8.18. The maximum atomic E-state index is 2.47. The molecule has 0 radical (unpaired) electrons. The fraction of sp³-hybridized carbons (Fsp3) is 0.147. The molecule has 0 aliphatic heterocycles. The quantitative estimate of drug-likeness (QED) is 0.113. The Morgan fingerprint density at radius 3 is 0.986 bits per heavy atom. The first-order chi connectivity index (χ1) is 34.3. The van der Waals surface area contributed by atoms with E-state index in [1.54, 1.807) is 0 Å². The SMILES string of the molecule is CCc1ccc(N(c2ccc(C(C)C)cc2)c2ccc3c(-c4cccc5ccccc45)c4cc(N(c5ccc(CC)cc5)c5ccc(C(C)C)cc5)ccc4c(-c4cccc5ccccc45)c3c2)cc1. The Hall–Kier alpha value is -7.94. The van der Waals surface area contributed by atoms with Gasteiger partial charge in [0.05, 0.1) is 0 Å². The van der Waals surface area contributed by atoms with Crippen LogP contribution in [0.2, 0.25) is 0 Å². The second-order valence-corrected chi connectivity index (χ2v) is 19.5. The molecule has 0 saturated carbocycles. The Kier molecular flexibility index (Phi) is 12.0. The Labute approximate surface area is 414 Å². The van der Waals surface area contributed by atoms with Gasteiger partial charge in [-0.25, -0.2) is 0 Å². The zero-order valence-corrected chi connectivity index (χ0v) is 41.2. The van der Waals surface area contributed by atoms with Gasteiger partial charge >= 0.3 is 0 Å². The van der Waals surface area contributed by atoms with E-state index in [0.717, 1.165) is 47.0 Å². The third-order valence-corrected chi connectivity index (χ3v) is 14.6. The molecule has 0 aliphatic carbocycles. The van der Waals surface area contributed by atoms with E-state index in [1.165, 1.54) is 87.6 Å². The van der Waals surface area contributed by atoms with Gasteiger partial charge in [-0.05, 0) is 185 Å². The largest absolute Gasteiger partial charge is 0.310 e. The van der Waals surface area contributed by atoms with Crippen LogP contribution in [-0.4, -0.2) is 0 Å². The van der Waals surface area contributed by atoms with Gasteiger partial charge in [0.25, 0.3) is 0 Å². The van der Waals surface area contributed by atoms with Crippen LogP contribution in [0.5, 0.6) is 0 Å². The lowest BCUT2D eigenvalue weighted by Crippen LogP contribution is -2.11. The van der Waals surface area contributed by atoms with Crippen LogP contribution in [-0.2, 0) is 12.8 Å². The lowest BCUT2D eigenvalue weighted by molar-refractivity contribution is 0.866. The summed E-state index contributed by atoms with van der Waals surface area (Å²) in [6, 6.07) is 82.4. The van der Waals surface area contributed by atoms with Gasteiger partial charge in [0.2, 0.25) is 0 Å². The Balaban J connectivity index is 1.26. The predicted molar refractivity (Wildman–Crippen MR) is 304 cm³/mol. The van der Waals surface area contributed by atoms with Crippen LogP contribution in [0.25, 0.3) is 65.3 Å². The van der Waals surface area contributed by atoms with Crippen molar-refractivity contribution in [3.05, 3.63) is 241 Å². The van der Waals surface area contributed by atoms with E-state index < -0.39 is 0 Å². The molecule has 2 heteroatoms. The average Bonchev–Trinajstić information content (AvgIpc) is 3.41. The van der Waals surface area contributed by atoms with Crippen molar-refractivity contribution >= 4 is 77.2 Å². The van der Waals surface area contributed by atoms with Crippen molar-refractivity contribution in [2.45, 2.75) is 66.2 Å². The molecule has 0 N–H and O–H groups in total. The summed E-state index contributed by atoms with van der Waals surface area (Å²) in [5.74, 6) is 0.881. The van der Waals surface area contributed by atoms with Gasteiger partial charge in [0.1, 0.15) is 0 Å². The summed E-state index contributed by atoms with van der Waals surface area (Å²) in [6.45, 7) is 13.5. The minimum atomic E-state index is 0.440. The lowest BCUT2D eigenvalue weighted by Gasteiger charge is -2.29.